The molecule has 3 aromatic rings. The Morgan fingerprint density at radius 2 is 2.23 bits per heavy atom. The molecule has 26 heavy (non-hydrogen) atoms. The van der Waals surface area contributed by atoms with E-state index in [1.54, 1.807) is 4.68 Å². The molecule has 9 nitrogen and oxygen atoms in total. The minimum Gasteiger partial charge on any atom is -0.328 e. The number of aromatic nitrogens is 6. The summed E-state index contributed by atoms with van der Waals surface area (Å²) in [6, 6.07) is 6.80. The molecule has 1 atom stereocenters. The number of hydrogen-bond acceptors (Lipinski definition) is 5. The third-order valence-corrected chi connectivity index (χ3v) is 3.79. The Kier molecular flexibility index (Phi) is 5.26. The number of aryl methyl sites for hydroxylation is 2. The summed E-state index contributed by atoms with van der Waals surface area (Å²) in [5.74, 6) is 2.06. The molecular formula is C17H22N8O. The number of amides is 2. The van der Waals surface area contributed by atoms with Gasteiger partial charge in [0.05, 0.1) is 6.04 Å². The van der Waals surface area contributed by atoms with Gasteiger partial charge in [-0.05, 0) is 32.4 Å². The highest BCUT2D eigenvalue weighted by atomic mass is 16.2. The van der Waals surface area contributed by atoms with Crippen molar-refractivity contribution in [3.63, 3.8) is 0 Å². The number of carbonyl (C=O) groups is 1. The maximum Gasteiger partial charge on any atom is 0.319 e. The van der Waals surface area contributed by atoms with Crippen LogP contribution < -0.4 is 10.6 Å². The van der Waals surface area contributed by atoms with E-state index in [9.17, 15) is 4.79 Å². The van der Waals surface area contributed by atoms with E-state index in [2.05, 4.69) is 42.8 Å². The molecule has 0 saturated heterocycles. The topological polar surface area (TPSA) is 113 Å². The van der Waals surface area contributed by atoms with Crippen LogP contribution in [-0.2, 0) is 6.54 Å². The van der Waals surface area contributed by atoms with Crippen molar-refractivity contribution in [1.29, 1.82) is 0 Å². The molecule has 9 heteroatoms. The fourth-order valence-electron chi connectivity index (χ4n) is 2.63. The summed E-state index contributed by atoms with van der Waals surface area (Å²) in [5, 5.41) is 16.8. The lowest BCUT2D eigenvalue weighted by molar-refractivity contribution is 0.248. The molecule has 2 heterocycles. The minimum absolute atomic E-state index is 0.261. The maximum absolute atomic E-state index is 12.3. The molecule has 0 saturated carbocycles. The van der Waals surface area contributed by atoms with Crippen molar-refractivity contribution >= 4 is 11.7 Å². The number of benzene rings is 1. The van der Waals surface area contributed by atoms with E-state index in [-0.39, 0.29) is 12.1 Å². The lowest BCUT2D eigenvalue weighted by Crippen LogP contribution is -2.32. The van der Waals surface area contributed by atoms with Crippen LogP contribution in [0.5, 0.6) is 0 Å². The highest BCUT2D eigenvalue weighted by Crippen LogP contribution is 2.19. The van der Waals surface area contributed by atoms with Crippen LogP contribution in [0.1, 0.15) is 38.0 Å². The molecule has 0 fully saturated rings. The van der Waals surface area contributed by atoms with Gasteiger partial charge in [-0.15, -0.1) is 0 Å². The van der Waals surface area contributed by atoms with Crippen molar-refractivity contribution in [2.75, 3.05) is 5.32 Å². The van der Waals surface area contributed by atoms with E-state index in [1.165, 1.54) is 6.33 Å². The van der Waals surface area contributed by atoms with Crippen LogP contribution in [0.25, 0.3) is 11.4 Å². The molecule has 2 amide bonds. The standard InChI is InChI=1S/C17H22N8O/c1-4-8-25-16(18-10-19-25)11(2)20-17(26)22-14-7-5-6-13(9-14)15-21-12(3)23-24-15/h5-7,9-11H,4,8H2,1-3H3,(H2,20,22,26)(H,21,23,24). The lowest BCUT2D eigenvalue weighted by Gasteiger charge is -2.15. The van der Waals surface area contributed by atoms with Gasteiger partial charge < -0.3 is 10.6 Å². The first-order chi connectivity index (χ1) is 12.6. The van der Waals surface area contributed by atoms with Crippen LogP contribution in [0.15, 0.2) is 30.6 Å². The van der Waals surface area contributed by atoms with E-state index in [0.29, 0.717) is 11.5 Å². The average molecular weight is 354 g/mol. The third kappa shape index (κ3) is 4.05. The first-order valence-electron chi connectivity index (χ1n) is 8.51. The summed E-state index contributed by atoms with van der Waals surface area (Å²) < 4.78 is 1.80. The molecular weight excluding hydrogens is 332 g/mol. The largest absolute Gasteiger partial charge is 0.328 e. The molecule has 2 aromatic heterocycles. The van der Waals surface area contributed by atoms with Crippen LogP contribution in [0.3, 0.4) is 0 Å². The van der Waals surface area contributed by atoms with Gasteiger partial charge in [-0.1, -0.05) is 19.1 Å². The predicted octanol–water partition coefficient (Wildman–Crippen LogP) is 2.66. The van der Waals surface area contributed by atoms with Crippen molar-refractivity contribution in [3.8, 4) is 11.4 Å². The Morgan fingerprint density at radius 1 is 1.38 bits per heavy atom. The number of hydrogen-bond donors (Lipinski definition) is 3. The zero-order chi connectivity index (χ0) is 18.5. The summed E-state index contributed by atoms with van der Waals surface area (Å²) in [4.78, 5) is 20.9. The van der Waals surface area contributed by atoms with Crippen LogP contribution >= 0.6 is 0 Å². The van der Waals surface area contributed by atoms with Crippen molar-refractivity contribution in [3.05, 3.63) is 42.2 Å². The van der Waals surface area contributed by atoms with Gasteiger partial charge in [-0.25, -0.2) is 19.4 Å². The highest BCUT2D eigenvalue weighted by molar-refractivity contribution is 5.90. The number of aromatic amines is 1. The fraction of sp³-hybridized carbons (Fsp3) is 0.353. The van der Waals surface area contributed by atoms with Gasteiger partial charge in [0.1, 0.15) is 18.0 Å². The van der Waals surface area contributed by atoms with Crippen molar-refractivity contribution in [1.82, 2.24) is 35.3 Å². The number of anilines is 1. The Labute approximate surface area is 151 Å². The quantitative estimate of drug-likeness (QED) is 0.630. The number of nitrogens with one attached hydrogen (secondary N) is 3. The number of nitrogens with zero attached hydrogens (tertiary/aromatic N) is 5. The second-order valence-electron chi connectivity index (χ2n) is 5.99. The smallest absolute Gasteiger partial charge is 0.319 e. The molecule has 136 valence electrons. The lowest BCUT2D eigenvalue weighted by atomic mass is 10.2. The molecule has 1 aromatic carbocycles. The number of carbonyl (C=O) groups excluding carboxylic acids is 1. The molecule has 0 aliphatic heterocycles. The maximum atomic E-state index is 12.3. The molecule has 3 rings (SSSR count). The predicted molar refractivity (Wildman–Crippen MR) is 97.4 cm³/mol. The van der Waals surface area contributed by atoms with E-state index in [0.717, 1.165) is 30.2 Å². The van der Waals surface area contributed by atoms with Gasteiger partial charge in [-0.2, -0.15) is 10.2 Å². The third-order valence-electron chi connectivity index (χ3n) is 3.79. The summed E-state index contributed by atoms with van der Waals surface area (Å²) in [7, 11) is 0. The van der Waals surface area contributed by atoms with Crippen molar-refractivity contribution in [2.24, 2.45) is 0 Å². The van der Waals surface area contributed by atoms with Crippen LogP contribution in [0, 0.1) is 6.92 Å². The molecule has 1 unspecified atom stereocenters. The van der Waals surface area contributed by atoms with Crippen molar-refractivity contribution < 1.29 is 4.79 Å². The van der Waals surface area contributed by atoms with Crippen molar-refractivity contribution in [2.45, 2.75) is 39.8 Å². The summed E-state index contributed by atoms with van der Waals surface area (Å²) in [6.07, 6.45) is 2.45. The van der Waals surface area contributed by atoms with Crippen LogP contribution in [0.2, 0.25) is 0 Å². The van der Waals surface area contributed by atoms with E-state index in [4.69, 9.17) is 0 Å². The molecule has 0 spiro atoms. The number of H-pyrrole nitrogens is 1. The summed E-state index contributed by atoms with van der Waals surface area (Å²) in [6.45, 7) is 6.55. The molecule has 0 aliphatic rings. The molecule has 0 aliphatic carbocycles. The van der Waals surface area contributed by atoms with E-state index < -0.39 is 0 Å². The fourth-order valence-corrected chi connectivity index (χ4v) is 2.63. The van der Waals surface area contributed by atoms with E-state index in [1.807, 2.05) is 38.1 Å². The summed E-state index contributed by atoms with van der Waals surface area (Å²) >= 11 is 0. The van der Waals surface area contributed by atoms with E-state index >= 15 is 0 Å². The minimum atomic E-state index is -0.313. The van der Waals surface area contributed by atoms with Gasteiger partial charge in [-0.3, -0.25) is 5.10 Å². The first-order valence-corrected chi connectivity index (χ1v) is 8.51. The number of urea groups is 1. The zero-order valence-electron chi connectivity index (χ0n) is 15.0. The second-order valence-corrected chi connectivity index (χ2v) is 5.99. The van der Waals surface area contributed by atoms with Crippen LogP contribution in [-0.4, -0.2) is 36.0 Å². The second kappa shape index (κ2) is 7.77. The van der Waals surface area contributed by atoms with Gasteiger partial charge >= 0.3 is 6.03 Å². The Hall–Kier alpha value is -3.23. The highest BCUT2D eigenvalue weighted by Gasteiger charge is 2.15. The first kappa shape index (κ1) is 17.6. The molecule has 0 radical (unpaired) electrons. The number of rotatable bonds is 6. The normalized spacial score (nSPS) is 12.0. The van der Waals surface area contributed by atoms with Gasteiger partial charge in [0.25, 0.3) is 0 Å². The molecule has 0 bridgehead atoms. The average Bonchev–Trinajstić information content (AvgIpc) is 3.24. The Balaban J connectivity index is 1.65. The Bertz CT molecular complexity index is 884. The monoisotopic (exact) mass is 354 g/mol. The Morgan fingerprint density at radius 3 is 2.96 bits per heavy atom. The molecule has 3 N–H and O–H groups in total. The van der Waals surface area contributed by atoms with Crippen LogP contribution in [0.4, 0.5) is 10.5 Å². The van der Waals surface area contributed by atoms with Gasteiger partial charge in [0, 0.05) is 17.8 Å². The SMILES string of the molecule is CCCn1ncnc1C(C)NC(=O)Nc1cccc(-c2n[nH]c(C)n2)c1. The van der Waals surface area contributed by atoms with Gasteiger partial charge in [0.2, 0.25) is 0 Å². The van der Waals surface area contributed by atoms with Gasteiger partial charge in [0.15, 0.2) is 5.82 Å². The summed E-state index contributed by atoms with van der Waals surface area (Å²) in [5.41, 5.74) is 1.48. The zero-order valence-corrected chi connectivity index (χ0v) is 15.0.